The van der Waals surface area contributed by atoms with E-state index in [2.05, 4.69) is 26.0 Å². The summed E-state index contributed by atoms with van der Waals surface area (Å²) in [7, 11) is 0. The Morgan fingerprint density at radius 2 is 1.92 bits per heavy atom. The second-order valence-corrected chi connectivity index (χ2v) is 5.18. The number of carbonyl (C=O) groups excluding carboxylic acids is 1. The predicted octanol–water partition coefficient (Wildman–Crippen LogP) is 3.07. The van der Waals surface area contributed by atoms with Crippen molar-refractivity contribution in [1.82, 2.24) is 20.6 Å². The number of nitrogens with one attached hydrogen (secondary N) is 2. The van der Waals surface area contributed by atoms with Crippen molar-refractivity contribution in [2.24, 2.45) is 0 Å². The van der Waals surface area contributed by atoms with Crippen LogP contribution in [0.15, 0.2) is 48.8 Å². The molecule has 8 heteroatoms. The minimum absolute atomic E-state index is 0.278. The standard InChI is InChI=1S/C16H11ClFN5O/c17-12-3-1-10(2-4-12)13-8-20-22-16(23-21-9-24)15(13)11-5-6-19-14(18)7-11/h1-9H,(H,21,24)(H,22,23). The molecule has 1 aromatic carbocycles. The molecule has 2 heterocycles. The summed E-state index contributed by atoms with van der Waals surface area (Å²) >= 11 is 5.93. The number of amides is 1. The number of rotatable bonds is 5. The van der Waals surface area contributed by atoms with Gasteiger partial charge in [-0.1, -0.05) is 23.7 Å². The van der Waals surface area contributed by atoms with Gasteiger partial charge in [0.1, 0.15) is 0 Å². The van der Waals surface area contributed by atoms with E-state index in [4.69, 9.17) is 11.6 Å². The third kappa shape index (κ3) is 3.31. The average Bonchev–Trinajstić information content (AvgIpc) is 2.60. The molecule has 0 bridgehead atoms. The Morgan fingerprint density at radius 1 is 1.12 bits per heavy atom. The van der Waals surface area contributed by atoms with Crippen LogP contribution in [0, 0.1) is 5.95 Å². The highest BCUT2D eigenvalue weighted by Crippen LogP contribution is 2.36. The SMILES string of the molecule is O=CNNc1nncc(-c2ccc(Cl)cc2)c1-c1ccnc(F)c1. The molecule has 1 amide bonds. The second kappa shape index (κ2) is 7.01. The van der Waals surface area contributed by atoms with E-state index in [0.717, 1.165) is 5.56 Å². The fourth-order valence-corrected chi connectivity index (χ4v) is 2.40. The molecular formula is C16H11ClFN5O. The van der Waals surface area contributed by atoms with Gasteiger partial charge >= 0.3 is 0 Å². The normalized spacial score (nSPS) is 10.2. The lowest BCUT2D eigenvalue weighted by molar-refractivity contribution is -0.109. The minimum atomic E-state index is -0.624. The largest absolute Gasteiger partial charge is 0.280 e. The van der Waals surface area contributed by atoms with E-state index >= 15 is 0 Å². The molecule has 0 aliphatic carbocycles. The summed E-state index contributed by atoms with van der Waals surface area (Å²) in [5.74, 6) is -0.346. The number of anilines is 1. The zero-order chi connectivity index (χ0) is 16.9. The first-order chi connectivity index (χ1) is 11.7. The molecule has 2 aromatic heterocycles. The van der Waals surface area contributed by atoms with E-state index in [9.17, 15) is 9.18 Å². The Morgan fingerprint density at radius 3 is 2.62 bits per heavy atom. The van der Waals surface area contributed by atoms with Gasteiger partial charge in [0.05, 0.1) is 6.20 Å². The van der Waals surface area contributed by atoms with Gasteiger partial charge in [0.25, 0.3) is 0 Å². The van der Waals surface area contributed by atoms with Crippen molar-refractivity contribution in [3.8, 4) is 22.3 Å². The third-order valence-electron chi connectivity index (χ3n) is 3.27. The molecular weight excluding hydrogens is 333 g/mol. The fraction of sp³-hybridized carbons (Fsp3) is 0. The maximum absolute atomic E-state index is 13.6. The zero-order valence-electron chi connectivity index (χ0n) is 12.2. The van der Waals surface area contributed by atoms with Crippen molar-refractivity contribution < 1.29 is 9.18 Å². The van der Waals surface area contributed by atoms with Gasteiger partial charge in [-0.15, -0.1) is 5.10 Å². The number of benzene rings is 1. The van der Waals surface area contributed by atoms with E-state index in [-0.39, 0.29) is 5.82 Å². The van der Waals surface area contributed by atoms with Crippen LogP contribution in [0.2, 0.25) is 5.02 Å². The summed E-state index contributed by atoms with van der Waals surface area (Å²) in [4.78, 5) is 14.1. The highest BCUT2D eigenvalue weighted by atomic mass is 35.5. The average molecular weight is 344 g/mol. The summed E-state index contributed by atoms with van der Waals surface area (Å²) in [6.07, 6.45) is 3.38. The van der Waals surface area contributed by atoms with Crippen LogP contribution in [-0.2, 0) is 4.79 Å². The first-order valence-electron chi connectivity index (χ1n) is 6.88. The highest BCUT2D eigenvalue weighted by molar-refractivity contribution is 6.30. The van der Waals surface area contributed by atoms with Gasteiger partial charge in [0.2, 0.25) is 12.4 Å². The van der Waals surface area contributed by atoms with Gasteiger partial charge < -0.3 is 0 Å². The van der Waals surface area contributed by atoms with E-state index in [0.29, 0.717) is 28.1 Å². The predicted molar refractivity (Wildman–Crippen MR) is 88.5 cm³/mol. The fourth-order valence-electron chi connectivity index (χ4n) is 2.27. The molecule has 0 saturated heterocycles. The van der Waals surface area contributed by atoms with E-state index < -0.39 is 5.95 Å². The van der Waals surface area contributed by atoms with Crippen molar-refractivity contribution in [3.05, 3.63) is 59.8 Å². The van der Waals surface area contributed by atoms with Crippen LogP contribution in [0.5, 0.6) is 0 Å². The molecule has 2 N–H and O–H groups in total. The molecule has 0 aliphatic heterocycles. The Hall–Kier alpha value is -3.06. The lowest BCUT2D eigenvalue weighted by atomic mass is 9.97. The Labute approximate surface area is 141 Å². The van der Waals surface area contributed by atoms with Crippen LogP contribution in [0.1, 0.15) is 0 Å². The number of carbonyl (C=O) groups is 1. The van der Waals surface area contributed by atoms with Crippen molar-refractivity contribution >= 4 is 23.8 Å². The number of aromatic nitrogens is 3. The van der Waals surface area contributed by atoms with Crippen LogP contribution >= 0.6 is 11.6 Å². The van der Waals surface area contributed by atoms with Crippen molar-refractivity contribution in [3.63, 3.8) is 0 Å². The maximum atomic E-state index is 13.6. The molecule has 0 aliphatic rings. The summed E-state index contributed by atoms with van der Waals surface area (Å²) < 4.78 is 13.6. The number of hydrogen-bond donors (Lipinski definition) is 2. The lowest BCUT2D eigenvalue weighted by Gasteiger charge is -2.14. The quantitative estimate of drug-likeness (QED) is 0.423. The van der Waals surface area contributed by atoms with Crippen molar-refractivity contribution in [1.29, 1.82) is 0 Å². The van der Waals surface area contributed by atoms with Gasteiger partial charge in [0, 0.05) is 28.4 Å². The van der Waals surface area contributed by atoms with E-state index in [1.54, 1.807) is 24.4 Å². The Bertz CT molecular complexity index is 873. The number of pyridine rings is 1. The van der Waals surface area contributed by atoms with Crippen molar-refractivity contribution in [2.45, 2.75) is 0 Å². The number of nitrogens with zero attached hydrogens (tertiary/aromatic N) is 3. The van der Waals surface area contributed by atoms with Gasteiger partial charge in [-0.05, 0) is 29.3 Å². The first kappa shape index (κ1) is 15.8. The van der Waals surface area contributed by atoms with Crippen LogP contribution < -0.4 is 10.9 Å². The molecule has 3 rings (SSSR count). The molecule has 24 heavy (non-hydrogen) atoms. The van der Waals surface area contributed by atoms with Gasteiger partial charge in [0.15, 0.2) is 5.82 Å². The monoisotopic (exact) mass is 343 g/mol. The van der Waals surface area contributed by atoms with Gasteiger partial charge in [-0.25, -0.2) is 4.98 Å². The van der Waals surface area contributed by atoms with Crippen LogP contribution in [0.3, 0.4) is 0 Å². The molecule has 0 unspecified atom stereocenters. The lowest BCUT2D eigenvalue weighted by Crippen LogP contribution is -2.21. The summed E-state index contributed by atoms with van der Waals surface area (Å²) in [5, 5.41) is 8.50. The molecule has 0 spiro atoms. The maximum Gasteiger partial charge on any atom is 0.225 e. The number of hydrazine groups is 1. The molecule has 0 atom stereocenters. The van der Waals surface area contributed by atoms with Crippen LogP contribution in [-0.4, -0.2) is 21.6 Å². The minimum Gasteiger partial charge on any atom is -0.280 e. The summed E-state index contributed by atoms with van der Waals surface area (Å²) in [5.41, 5.74) is 7.58. The molecule has 0 radical (unpaired) electrons. The van der Waals surface area contributed by atoms with E-state index in [1.165, 1.54) is 12.3 Å². The van der Waals surface area contributed by atoms with Gasteiger partial charge in [-0.2, -0.15) is 9.49 Å². The summed E-state index contributed by atoms with van der Waals surface area (Å²) in [6, 6.07) is 10.0. The van der Waals surface area contributed by atoms with E-state index in [1.807, 2.05) is 12.1 Å². The molecule has 120 valence electrons. The van der Waals surface area contributed by atoms with Gasteiger partial charge in [-0.3, -0.25) is 15.6 Å². The first-order valence-corrected chi connectivity index (χ1v) is 7.25. The third-order valence-corrected chi connectivity index (χ3v) is 3.52. The zero-order valence-corrected chi connectivity index (χ0v) is 13.0. The van der Waals surface area contributed by atoms with Crippen LogP contribution in [0.25, 0.3) is 22.3 Å². The number of hydrogen-bond acceptors (Lipinski definition) is 5. The molecule has 0 fully saturated rings. The van der Waals surface area contributed by atoms with Crippen molar-refractivity contribution in [2.75, 3.05) is 5.43 Å². The Balaban J connectivity index is 2.21. The molecule has 0 saturated carbocycles. The molecule has 6 nitrogen and oxygen atoms in total. The smallest absolute Gasteiger partial charge is 0.225 e. The number of halogens is 2. The summed E-state index contributed by atoms with van der Waals surface area (Å²) in [6.45, 7) is 0. The van der Waals surface area contributed by atoms with Crippen LogP contribution in [0.4, 0.5) is 10.2 Å². The molecule has 3 aromatic rings. The topological polar surface area (TPSA) is 79.8 Å². The highest BCUT2D eigenvalue weighted by Gasteiger charge is 2.15. The second-order valence-electron chi connectivity index (χ2n) is 4.74. The Kier molecular flexibility index (Phi) is 4.62.